The first-order valence-electron chi connectivity index (χ1n) is 4.16. The van der Waals surface area contributed by atoms with Crippen molar-refractivity contribution in [2.75, 3.05) is 0 Å². The van der Waals surface area contributed by atoms with Crippen LogP contribution in [0.15, 0.2) is 6.07 Å². The average Bonchev–Trinajstić information content (AvgIpc) is 2.14. The van der Waals surface area contributed by atoms with Crippen molar-refractivity contribution in [3.63, 3.8) is 0 Å². The Morgan fingerprint density at radius 2 is 1.94 bits per heavy atom. The van der Waals surface area contributed by atoms with Gasteiger partial charge in [0.1, 0.15) is 5.56 Å². The molecule has 1 heterocycles. The number of alkyl halides is 5. The summed E-state index contributed by atoms with van der Waals surface area (Å²) >= 11 is 0. The van der Waals surface area contributed by atoms with Crippen molar-refractivity contribution >= 4 is 5.82 Å². The molecule has 0 unspecified atom stereocenters. The largest absolute Gasteiger partial charge is 0.458 e. The van der Waals surface area contributed by atoms with Gasteiger partial charge >= 0.3 is 12.0 Å². The Hall–Kier alpha value is -1.80. The minimum Gasteiger partial charge on any atom is -0.358 e. The zero-order valence-corrected chi connectivity index (χ0v) is 8.26. The van der Waals surface area contributed by atoms with Crippen molar-refractivity contribution in [2.45, 2.75) is 19.5 Å². The highest BCUT2D eigenvalue weighted by atomic mass is 19.4. The molecule has 0 fully saturated rings. The van der Waals surface area contributed by atoms with Gasteiger partial charge in [0.15, 0.2) is 0 Å². The van der Waals surface area contributed by atoms with Crippen LogP contribution in [-0.4, -0.2) is 9.91 Å². The monoisotopic (exact) mass is 256 g/mol. The second-order valence-electron chi connectivity index (χ2n) is 3.12. The molecule has 1 aromatic rings. The van der Waals surface area contributed by atoms with Crippen molar-refractivity contribution < 1.29 is 26.9 Å². The van der Waals surface area contributed by atoms with Gasteiger partial charge in [-0.3, -0.25) is 0 Å². The van der Waals surface area contributed by atoms with Gasteiger partial charge in [-0.05, 0) is 22.9 Å². The van der Waals surface area contributed by atoms with E-state index in [1.54, 1.807) is 0 Å². The van der Waals surface area contributed by atoms with Gasteiger partial charge in [-0.25, -0.2) is 8.78 Å². The summed E-state index contributed by atoms with van der Waals surface area (Å²) in [7, 11) is 0. The lowest BCUT2D eigenvalue weighted by molar-refractivity contribution is -0.391. The van der Waals surface area contributed by atoms with Gasteiger partial charge in [-0.1, -0.05) is 0 Å². The molecule has 1 rings (SSSR count). The summed E-state index contributed by atoms with van der Waals surface area (Å²) in [6, 6.07) is 0.429. The topological polar surface area (TPSA) is 56.0 Å². The van der Waals surface area contributed by atoms with Crippen LogP contribution in [-0.2, 0) is 6.18 Å². The summed E-state index contributed by atoms with van der Waals surface area (Å²) < 4.78 is 61.8. The first-order chi connectivity index (χ1) is 7.64. The van der Waals surface area contributed by atoms with Crippen LogP contribution >= 0.6 is 0 Å². The Labute approximate surface area is 91.2 Å². The zero-order valence-electron chi connectivity index (χ0n) is 8.26. The van der Waals surface area contributed by atoms with Crippen LogP contribution in [0.5, 0.6) is 0 Å². The Bertz CT molecular complexity index is 458. The molecule has 0 N–H and O–H groups in total. The van der Waals surface area contributed by atoms with Crippen molar-refractivity contribution in [1.29, 1.82) is 0 Å². The van der Waals surface area contributed by atoms with E-state index in [2.05, 4.69) is 4.98 Å². The second kappa shape index (κ2) is 4.22. The molecule has 0 amide bonds. The lowest BCUT2D eigenvalue weighted by Gasteiger charge is -2.08. The average molecular weight is 256 g/mol. The number of pyridine rings is 1. The molecule has 0 radical (unpaired) electrons. The van der Waals surface area contributed by atoms with Crippen molar-refractivity contribution in [3.05, 3.63) is 33.0 Å². The molecule has 0 aliphatic carbocycles. The van der Waals surface area contributed by atoms with E-state index in [0.29, 0.717) is 6.07 Å². The molecule has 0 aliphatic heterocycles. The Balaban J connectivity index is 3.51. The summed E-state index contributed by atoms with van der Waals surface area (Å²) in [6.07, 6.45) is -8.18. The van der Waals surface area contributed by atoms with E-state index in [-0.39, 0.29) is 0 Å². The number of hydrogen-bond donors (Lipinski definition) is 0. The number of rotatable bonds is 2. The van der Waals surface area contributed by atoms with Crippen molar-refractivity contribution in [2.24, 2.45) is 0 Å². The van der Waals surface area contributed by atoms with E-state index in [0.717, 1.165) is 6.92 Å². The van der Waals surface area contributed by atoms with E-state index < -0.39 is 40.2 Å². The Morgan fingerprint density at radius 3 is 2.29 bits per heavy atom. The predicted molar refractivity (Wildman–Crippen MR) is 45.6 cm³/mol. The highest BCUT2D eigenvalue weighted by Crippen LogP contribution is 2.35. The third-order valence-electron chi connectivity index (χ3n) is 1.90. The maximum absolute atomic E-state index is 12.4. The Kier molecular flexibility index (Phi) is 3.30. The van der Waals surface area contributed by atoms with Crippen LogP contribution < -0.4 is 0 Å². The van der Waals surface area contributed by atoms with Gasteiger partial charge in [-0.2, -0.15) is 13.2 Å². The highest BCUT2D eigenvalue weighted by Gasteiger charge is 2.41. The minimum absolute atomic E-state index is 0.429. The smallest absolute Gasteiger partial charge is 0.358 e. The molecular formula is C8H5F5N2O2. The molecule has 0 saturated carbocycles. The molecule has 0 saturated heterocycles. The van der Waals surface area contributed by atoms with Crippen LogP contribution in [0.3, 0.4) is 0 Å². The predicted octanol–water partition coefficient (Wildman–Crippen LogP) is 3.25. The number of nitro groups is 1. The van der Waals surface area contributed by atoms with E-state index in [4.69, 9.17) is 0 Å². The number of hydrogen-bond acceptors (Lipinski definition) is 3. The third-order valence-corrected chi connectivity index (χ3v) is 1.90. The molecule has 0 spiro atoms. The number of nitrogens with zero attached hydrogens (tertiary/aromatic N) is 2. The molecule has 4 nitrogen and oxygen atoms in total. The number of aryl methyl sites for hydroxylation is 1. The first kappa shape index (κ1) is 13.3. The van der Waals surface area contributed by atoms with Gasteiger partial charge in [0.2, 0.25) is 0 Å². The molecule has 94 valence electrons. The second-order valence-corrected chi connectivity index (χ2v) is 3.12. The van der Waals surface area contributed by atoms with Gasteiger partial charge in [0.05, 0.1) is 0 Å². The van der Waals surface area contributed by atoms with Crippen molar-refractivity contribution in [3.8, 4) is 0 Å². The fourth-order valence-corrected chi connectivity index (χ4v) is 1.22. The number of halogens is 5. The zero-order chi connectivity index (χ0) is 13.4. The fourth-order valence-electron chi connectivity index (χ4n) is 1.22. The highest BCUT2D eigenvalue weighted by molar-refractivity contribution is 5.40. The normalized spacial score (nSPS) is 11.9. The summed E-state index contributed by atoms with van der Waals surface area (Å²) in [4.78, 5) is 11.7. The molecule has 0 aromatic carbocycles. The lowest BCUT2D eigenvalue weighted by Crippen LogP contribution is -2.13. The van der Waals surface area contributed by atoms with E-state index in [9.17, 15) is 32.1 Å². The maximum Gasteiger partial charge on any atom is 0.458 e. The summed E-state index contributed by atoms with van der Waals surface area (Å²) in [5.74, 6) is -1.47. The number of aromatic nitrogens is 1. The quantitative estimate of drug-likeness (QED) is 0.463. The molecule has 9 heteroatoms. The standard InChI is InChI=1S/C8H5F5N2O2/c1-3-2-4(6(9)10)7(15(16)17)14-5(3)8(11,12)13/h2,6H,1H3. The summed E-state index contributed by atoms with van der Waals surface area (Å²) in [6.45, 7) is 0.908. The van der Waals surface area contributed by atoms with Gasteiger partial charge in [0, 0.05) is 5.56 Å². The van der Waals surface area contributed by atoms with Crippen LogP contribution in [0, 0.1) is 17.0 Å². The third kappa shape index (κ3) is 2.66. The molecule has 0 atom stereocenters. The molecular weight excluding hydrogens is 251 g/mol. The summed E-state index contributed by atoms with van der Waals surface area (Å²) in [5.41, 5.74) is -3.24. The van der Waals surface area contributed by atoms with E-state index in [1.165, 1.54) is 0 Å². The van der Waals surface area contributed by atoms with Crippen LogP contribution in [0.1, 0.15) is 23.2 Å². The molecule has 17 heavy (non-hydrogen) atoms. The molecule has 1 aromatic heterocycles. The molecule has 0 bridgehead atoms. The van der Waals surface area contributed by atoms with Gasteiger partial charge in [-0.15, -0.1) is 0 Å². The summed E-state index contributed by atoms with van der Waals surface area (Å²) in [5, 5.41) is 10.4. The van der Waals surface area contributed by atoms with Gasteiger partial charge in [0.25, 0.3) is 12.1 Å². The van der Waals surface area contributed by atoms with E-state index in [1.807, 2.05) is 0 Å². The minimum atomic E-state index is -4.92. The Morgan fingerprint density at radius 1 is 1.41 bits per heavy atom. The maximum atomic E-state index is 12.4. The first-order valence-corrected chi connectivity index (χ1v) is 4.16. The fraction of sp³-hybridized carbons (Fsp3) is 0.375. The van der Waals surface area contributed by atoms with Crippen LogP contribution in [0.4, 0.5) is 27.8 Å². The van der Waals surface area contributed by atoms with Crippen LogP contribution in [0.25, 0.3) is 0 Å². The molecule has 0 aliphatic rings. The van der Waals surface area contributed by atoms with Crippen molar-refractivity contribution in [1.82, 2.24) is 4.98 Å². The SMILES string of the molecule is Cc1cc(C(F)F)c([N+](=O)[O-])nc1C(F)(F)F. The van der Waals surface area contributed by atoms with E-state index >= 15 is 0 Å². The lowest BCUT2D eigenvalue weighted by atomic mass is 10.1. The van der Waals surface area contributed by atoms with Gasteiger partial charge < -0.3 is 10.1 Å². The van der Waals surface area contributed by atoms with Crippen LogP contribution in [0.2, 0.25) is 0 Å².